The number of carbonyl (C=O) groups is 1. The van der Waals surface area contributed by atoms with Crippen LogP contribution in [0.2, 0.25) is 10.0 Å². The molecule has 0 spiro atoms. The van der Waals surface area contributed by atoms with Crippen molar-refractivity contribution in [2.24, 2.45) is 0 Å². The number of amides is 1. The number of halogens is 2. The smallest absolute Gasteiger partial charge is 0.315 e. The molecule has 11 heteroatoms. The zero-order chi connectivity index (χ0) is 23.3. The minimum absolute atomic E-state index is 0.0540. The molecule has 9 nitrogen and oxygen atoms in total. The first-order valence-corrected chi connectivity index (χ1v) is 10.8. The number of nitro groups is 1. The lowest BCUT2D eigenvalue weighted by molar-refractivity contribution is -0.386. The summed E-state index contributed by atoms with van der Waals surface area (Å²) in [5.74, 6) is -1.19. The summed E-state index contributed by atoms with van der Waals surface area (Å²) < 4.78 is 4.93. The summed E-state index contributed by atoms with van der Waals surface area (Å²) >= 11 is 12.4. The van der Waals surface area contributed by atoms with Crippen LogP contribution in [0.3, 0.4) is 0 Å². The topological polar surface area (TPSA) is 108 Å². The third-order valence-corrected chi connectivity index (χ3v) is 6.12. The van der Waals surface area contributed by atoms with Gasteiger partial charge in [-0.15, -0.1) is 0 Å². The number of methoxy groups -OCH3 is 1. The second-order valence-corrected chi connectivity index (χ2v) is 8.10. The van der Waals surface area contributed by atoms with Crippen LogP contribution < -0.4 is 15.0 Å². The molecule has 2 aromatic rings. The van der Waals surface area contributed by atoms with E-state index in [9.17, 15) is 20.0 Å². The van der Waals surface area contributed by atoms with Gasteiger partial charge in [0.15, 0.2) is 5.75 Å². The molecule has 1 aliphatic rings. The van der Waals surface area contributed by atoms with Crippen LogP contribution in [0.1, 0.15) is 16.8 Å². The highest BCUT2D eigenvalue weighted by atomic mass is 35.5. The van der Waals surface area contributed by atoms with Crippen molar-refractivity contribution in [1.29, 1.82) is 0 Å². The molecule has 1 fully saturated rings. The lowest BCUT2D eigenvalue weighted by Crippen LogP contribution is -2.47. The monoisotopic (exact) mass is 482 g/mol. The summed E-state index contributed by atoms with van der Waals surface area (Å²) in [6.07, 6.45) is 0.723. The van der Waals surface area contributed by atoms with Crippen molar-refractivity contribution in [3.8, 4) is 11.5 Å². The number of benzene rings is 2. The van der Waals surface area contributed by atoms with Gasteiger partial charge in [-0.25, -0.2) is 0 Å². The fraction of sp³-hybridized carbons (Fsp3) is 0.381. The summed E-state index contributed by atoms with van der Waals surface area (Å²) in [5.41, 5.74) is 0.412. The molecule has 2 N–H and O–H groups in total. The number of piperazine rings is 1. The SMILES string of the molecule is COc1cc(C(=O)NCCCN2CCN(c3cccc(Cl)c3Cl)CC2)cc([N+](=O)[O-])c1O. The van der Waals surface area contributed by atoms with Crippen LogP contribution in [-0.4, -0.2) is 67.2 Å². The lowest BCUT2D eigenvalue weighted by atomic mass is 10.1. The first-order valence-electron chi connectivity index (χ1n) is 10.1. The number of hydrogen-bond donors (Lipinski definition) is 2. The van der Waals surface area contributed by atoms with Crippen LogP contribution in [0.15, 0.2) is 30.3 Å². The first-order chi connectivity index (χ1) is 15.3. The summed E-state index contributed by atoms with van der Waals surface area (Å²) in [6, 6.07) is 7.93. The number of carbonyl (C=O) groups excluding carboxylic acids is 1. The van der Waals surface area contributed by atoms with E-state index in [4.69, 9.17) is 27.9 Å². The zero-order valence-electron chi connectivity index (χ0n) is 17.5. The molecule has 2 aromatic carbocycles. The highest BCUT2D eigenvalue weighted by Gasteiger charge is 2.23. The maximum absolute atomic E-state index is 12.4. The van der Waals surface area contributed by atoms with E-state index in [0.717, 1.165) is 50.9 Å². The van der Waals surface area contributed by atoms with E-state index in [1.807, 2.05) is 12.1 Å². The van der Waals surface area contributed by atoms with E-state index in [1.54, 1.807) is 6.07 Å². The molecular formula is C21H24Cl2N4O5. The molecule has 0 radical (unpaired) electrons. The molecule has 1 amide bonds. The molecule has 0 atom stereocenters. The van der Waals surface area contributed by atoms with Crippen molar-refractivity contribution in [2.75, 3.05) is 51.3 Å². The average molecular weight is 483 g/mol. The van der Waals surface area contributed by atoms with Crippen molar-refractivity contribution < 1.29 is 19.6 Å². The van der Waals surface area contributed by atoms with Gasteiger partial charge in [0.2, 0.25) is 5.75 Å². The lowest BCUT2D eigenvalue weighted by Gasteiger charge is -2.36. The molecule has 1 aliphatic heterocycles. The molecule has 1 heterocycles. The third kappa shape index (κ3) is 5.53. The van der Waals surface area contributed by atoms with Gasteiger partial charge in [0.1, 0.15) is 0 Å². The Kier molecular flexibility index (Phi) is 8.00. The highest BCUT2D eigenvalue weighted by Crippen LogP contribution is 2.37. The van der Waals surface area contributed by atoms with Gasteiger partial charge in [0, 0.05) is 38.8 Å². The molecule has 0 bridgehead atoms. The molecule has 1 saturated heterocycles. The number of anilines is 1. The summed E-state index contributed by atoms with van der Waals surface area (Å²) in [5, 5.41) is 24.8. The maximum atomic E-state index is 12.4. The Morgan fingerprint density at radius 1 is 1.25 bits per heavy atom. The first kappa shape index (κ1) is 23.9. The van der Waals surface area contributed by atoms with Crippen molar-refractivity contribution >= 4 is 40.5 Å². The molecule has 3 rings (SSSR count). The molecule has 172 valence electrons. The van der Waals surface area contributed by atoms with Gasteiger partial charge >= 0.3 is 5.69 Å². The molecule has 0 saturated carbocycles. The Bertz CT molecular complexity index is 996. The van der Waals surface area contributed by atoms with E-state index in [1.165, 1.54) is 13.2 Å². The number of nitro benzene ring substituents is 1. The van der Waals surface area contributed by atoms with Crippen molar-refractivity contribution in [2.45, 2.75) is 6.42 Å². The molecule has 0 unspecified atom stereocenters. The minimum atomic E-state index is -0.759. The van der Waals surface area contributed by atoms with Gasteiger partial charge in [-0.2, -0.15) is 0 Å². The summed E-state index contributed by atoms with van der Waals surface area (Å²) in [6.45, 7) is 4.58. The minimum Gasteiger partial charge on any atom is -0.500 e. The quantitative estimate of drug-likeness (QED) is 0.336. The van der Waals surface area contributed by atoms with Gasteiger partial charge < -0.3 is 20.1 Å². The number of rotatable bonds is 8. The standard InChI is InChI=1S/C21H24Cl2N4O5/c1-32-18-13-14(12-17(20(18)28)27(30)31)21(29)24-6-3-7-25-8-10-26(11-9-25)16-5-2-4-15(22)19(16)23/h2,4-5,12-13,28H,3,6-11H2,1H3,(H,24,29). The number of nitrogens with zero attached hydrogens (tertiary/aromatic N) is 3. The van der Waals surface area contributed by atoms with E-state index < -0.39 is 22.3 Å². The van der Waals surface area contributed by atoms with E-state index >= 15 is 0 Å². The van der Waals surface area contributed by atoms with Gasteiger partial charge in [0.25, 0.3) is 5.91 Å². The van der Waals surface area contributed by atoms with Crippen LogP contribution in [-0.2, 0) is 0 Å². The zero-order valence-corrected chi connectivity index (χ0v) is 19.0. The number of phenols is 1. The van der Waals surface area contributed by atoms with Crippen LogP contribution in [0.4, 0.5) is 11.4 Å². The maximum Gasteiger partial charge on any atom is 0.315 e. The number of phenolic OH excluding ortho intramolecular Hbond substituents is 1. The number of ether oxygens (including phenoxy) is 1. The Labute approximate surface area is 195 Å². The van der Waals surface area contributed by atoms with Gasteiger partial charge in [-0.1, -0.05) is 29.3 Å². The van der Waals surface area contributed by atoms with Gasteiger partial charge in [0.05, 0.1) is 33.3 Å². The average Bonchev–Trinajstić information content (AvgIpc) is 2.79. The Hall–Kier alpha value is -2.75. The summed E-state index contributed by atoms with van der Waals surface area (Å²) in [4.78, 5) is 27.2. The molecule has 0 aliphatic carbocycles. The number of hydrogen-bond acceptors (Lipinski definition) is 7. The van der Waals surface area contributed by atoms with E-state index in [0.29, 0.717) is 16.6 Å². The van der Waals surface area contributed by atoms with E-state index in [2.05, 4.69) is 15.1 Å². The largest absolute Gasteiger partial charge is 0.500 e. The fourth-order valence-corrected chi connectivity index (χ4v) is 3.99. The van der Waals surface area contributed by atoms with Crippen LogP contribution in [0.25, 0.3) is 0 Å². The van der Waals surface area contributed by atoms with Gasteiger partial charge in [-0.3, -0.25) is 19.8 Å². The molecule has 0 aromatic heterocycles. The van der Waals surface area contributed by atoms with Crippen molar-refractivity contribution in [3.63, 3.8) is 0 Å². The number of aromatic hydroxyl groups is 1. The number of nitrogens with one attached hydrogen (secondary N) is 1. The predicted octanol–water partition coefficient (Wildman–Crippen LogP) is 3.56. The predicted molar refractivity (Wildman–Crippen MR) is 123 cm³/mol. The summed E-state index contributed by atoms with van der Waals surface area (Å²) in [7, 11) is 1.26. The fourth-order valence-electron chi connectivity index (χ4n) is 3.57. The Morgan fingerprint density at radius 3 is 2.62 bits per heavy atom. The van der Waals surface area contributed by atoms with Crippen LogP contribution in [0, 0.1) is 10.1 Å². The Balaban J connectivity index is 1.46. The van der Waals surface area contributed by atoms with Crippen molar-refractivity contribution in [1.82, 2.24) is 10.2 Å². The highest BCUT2D eigenvalue weighted by molar-refractivity contribution is 6.43. The third-order valence-electron chi connectivity index (χ3n) is 5.31. The van der Waals surface area contributed by atoms with Crippen molar-refractivity contribution in [3.05, 3.63) is 56.1 Å². The second-order valence-electron chi connectivity index (χ2n) is 7.31. The van der Waals surface area contributed by atoms with Gasteiger partial charge in [-0.05, 0) is 31.2 Å². The van der Waals surface area contributed by atoms with Crippen LogP contribution in [0.5, 0.6) is 11.5 Å². The molecule has 32 heavy (non-hydrogen) atoms. The second kappa shape index (κ2) is 10.7. The molecular weight excluding hydrogens is 459 g/mol. The van der Waals surface area contributed by atoms with Crippen LogP contribution >= 0.6 is 23.2 Å². The Morgan fingerprint density at radius 2 is 1.97 bits per heavy atom. The van der Waals surface area contributed by atoms with E-state index in [-0.39, 0.29) is 11.3 Å². The normalized spacial score (nSPS) is 14.3.